The number of alkyl halides is 2. The van der Waals surface area contributed by atoms with E-state index in [0.717, 1.165) is 11.1 Å². The van der Waals surface area contributed by atoms with Crippen molar-refractivity contribution in [1.82, 2.24) is 0 Å². The zero-order valence-electron chi connectivity index (χ0n) is 9.09. The van der Waals surface area contributed by atoms with E-state index in [1.165, 1.54) is 0 Å². The standard InChI is InChI=1S/C14H12Cl2O/c15-13(11-7-3-1-4-8-11)17-14(16)12-9-5-2-6-10-12/h1-10,13-14H. The molecule has 0 amide bonds. The average molecular weight is 267 g/mol. The Morgan fingerprint density at radius 2 is 1.00 bits per heavy atom. The maximum atomic E-state index is 6.14. The van der Waals surface area contributed by atoms with E-state index in [4.69, 9.17) is 27.9 Å². The molecule has 2 aromatic carbocycles. The lowest BCUT2D eigenvalue weighted by Gasteiger charge is -2.16. The van der Waals surface area contributed by atoms with Crippen LogP contribution in [0.2, 0.25) is 0 Å². The number of hydrogen-bond acceptors (Lipinski definition) is 1. The summed E-state index contributed by atoms with van der Waals surface area (Å²) in [6.07, 6.45) is 0. The van der Waals surface area contributed by atoms with Crippen molar-refractivity contribution in [2.45, 2.75) is 11.1 Å². The predicted octanol–water partition coefficient (Wildman–Crippen LogP) is 4.88. The molecule has 0 saturated heterocycles. The fourth-order valence-electron chi connectivity index (χ4n) is 1.47. The van der Waals surface area contributed by atoms with Gasteiger partial charge < -0.3 is 4.74 Å². The van der Waals surface area contributed by atoms with E-state index in [-0.39, 0.29) is 0 Å². The van der Waals surface area contributed by atoms with Gasteiger partial charge in [0.1, 0.15) is 0 Å². The second-order valence-electron chi connectivity index (χ2n) is 3.59. The van der Waals surface area contributed by atoms with Crippen LogP contribution in [0.15, 0.2) is 60.7 Å². The quantitative estimate of drug-likeness (QED) is 0.717. The molecular formula is C14H12Cl2O. The fourth-order valence-corrected chi connectivity index (χ4v) is 2.02. The highest BCUT2D eigenvalue weighted by molar-refractivity contribution is 6.22. The Bertz CT molecular complexity index is 401. The van der Waals surface area contributed by atoms with Crippen molar-refractivity contribution in [1.29, 1.82) is 0 Å². The number of benzene rings is 2. The molecule has 0 fully saturated rings. The summed E-state index contributed by atoms with van der Waals surface area (Å²) in [5.74, 6) is 0. The highest BCUT2D eigenvalue weighted by Gasteiger charge is 2.15. The molecule has 0 spiro atoms. The number of hydrogen-bond donors (Lipinski definition) is 0. The van der Waals surface area contributed by atoms with Crippen molar-refractivity contribution in [2.75, 3.05) is 0 Å². The van der Waals surface area contributed by atoms with Gasteiger partial charge in [0.25, 0.3) is 0 Å². The second-order valence-corrected chi connectivity index (χ2v) is 4.38. The number of halogens is 2. The average Bonchev–Trinajstić information content (AvgIpc) is 2.40. The smallest absolute Gasteiger partial charge is 0.159 e. The Morgan fingerprint density at radius 3 is 1.35 bits per heavy atom. The van der Waals surface area contributed by atoms with Gasteiger partial charge >= 0.3 is 0 Å². The predicted molar refractivity (Wildman–Crippen MR) is 71.2 cm³/mol. The minimum atomic E-state index is -0.543. The fraction of sp³-hybridized carbons (Fsp3) is 0.143. The first-order valence-electron chi connectivity index (χ1n) is 5.31. The summed E-state index contributed by atoms with van der Waals surface area (Å²) in [4.78, 5) is 0. The third kappa shape index (κ3) is 3.47. The molecule has 0 radical (unpaired) electrons. The highest BCUT2D eigenvalue weighted by atomic mass is 35.5. The van der Waals surface area contributed by atoms with E-state index in [1.54, 1.807) is 0 Å². The lowest BCUT2D eigenvalue weighted by Crippen LogP contribution is -2.01. The topological polar surface area (TPSA) is 9.23 Å². The van der Waals surface area contributed by atoms with E-state index < -0.39 is 11.1 Å². The van der Waals surface area contributed by atoms with Crippen molar-refractivity contribution in [3.8, 4) is 0 Å². The molecule has 17 heavy (non-hydrogen) atoms. The van der Waals surface area contributed by atoms with Crippen LogP contribution in [0, 0.1) is 0 Å². The minimum absolute atomic E-state index is 0.543. The summed E-state index contributed by atoms with van der Waals surface area (Å²) in [6.45, 7) is 0. The van der Waals surface area contributed by atoms with Gasteiger partial charge in [-0.25, -0.2) is 0 Å². The van der Waals surface area contributed by atoms with Gasteiger partial charge in [-0.15, -0.1) is 0 Å². The first kappa shape index (κ1) is 12.4. The van der Waals surface area contributed by atoms with Gasteiger partial charge in [0.15, 0.2) is 11.1 Å². The SMILES string of the molecule is ClC(OC(Cl)c1ccccc1)c1ccccc1. The lowest BCUT2D eigenvalue weighted by atomic mass is 10.2. The lowest BCUT2D eigenvalue weighted by molar-refractivity contribution is 0.0821. The molecule has 2 atom stereocenters. The maximum Gasteiger partial charge on any atom is 0.159 e. The molecule has 3 heteroatoms. The van der Waals surface area contributed by atoms with Crippen LogP contribution in [0.25, 0.3) is 0 Å². The highest BCUT2D eigenvalue weighted by Crippen LogP contribution is 2.31. The number of rotatable bonds is 4. The Balaban J connectivity index is 2.02. The molecule has 0 aromatic heterocycles. The molecular weight excluding hydrogens is 255 g/mol. The van der Waals surface area contributed by atoms with Gasteiger partial charge in [0.2, 0.25) is 0 Å². The van der Waals surface area contributed by atoms with Crippen LogP contribution in [0.1, 0.15) is 22.3 Å². The molecule has 0 aliphatic rings. The molecule has 1 nitrogen and oxygen atoms in total. The third-order valence-corrected chi connectivity index (χ3v) is 3.07. The first-order valence-corrected chi connectivity index (χ1v) is 6.18. The molecule has 0 heterocycles. The largest absolute Gasteiger partial charge is 0.335 e. The Hall–Kier alpha value is -1.02. The monoisotopic (exact) mass is 266 g/mol. The molecule has 0 aliphatic heterocycles. The molecule has 0 bridgehead atoms. The summed E-state index contributed by atoms with van der Waals surface area (Å²) in [5, 5.41) is 0. The van der Waals surface area contributed by atoms with E-state index in [2.05, 4.69) is 0 Å². The Labute approximate surface area is 111 Å². The number of ether oxygens (including phenoxy) is 1. The van der Waals surface area contributed by atoms with Crippen LogP contribution < -0.4 is 0 Å². The normalized spacial score (nSPS) is 14.2. The van der Waals surface area contributed by atoms with Gasteiger partial charge in [-0.05, 0) is 11.1 Å². The van der Waals surface area contributed by atoms with Crippen molar-refractivity contribution in [3.63, 3.8) is 0 Å². The van der Waals surface area contributed by atoms with Crippen LogP contribution >= 0.6 is 23.2 Å². The summed E-state index contributed by atoms with van der Waals surface area (Å²) >= 11 is 12.3. The Morgan fingerprint density at radius 1 is 0.647 bits per heavy atom. The van der Waals surface area contributed by atoms with Gasteiger partial charge in [-0.1, -0.05) is 83.9 Å². The van der Waals surface area contributed by atoms with Crippen LogP contribution in [-0.4, -0.2) is 0 Å². The van der Waals surface area contributed by atoms with Gasteiger partial charge in [0, 0.05) is 0 Å². The summed E-state index contributed by atoms with van der Waals surface area (Å²) in [6, 6.07) is 19.2. The van der Waals surface area contributed by atoms with Crippen molar-refractivity contribution in [2.24, 2.45) is 0 Å². The minimum Gasteiger partial charge on any atom is -0.335 e. The summed E-state index contributed by atoms with van der Waals surface area (Å²) < 4.78 is 5.55. The second kappa shape index (κ2) is 6.06. The summed E-state index contributed by atoms with van der Waals surface area (Å²) in [5.41, 5.74) is 0.712. The van der Waals surface area contributed by atoms with Crippen molar-refractivity contribution in [3.05, 3.63) is 71.8 Å². The molecule has 0 saturated carbocycles. The Kier molecular flexibility index (Phi) is 4.43. The van der Waals surface area contributed by atoms with E-state index >= 15 is 0 Å². The molecule has 2 aromatic rings. The molecule has 2 rings (SSSR count). The van der Waals surface area contributed by atoms with Crippen LogP contribution in [0.3, 0.4) is 0 Å². The molecule has 2 unspecified atom stereocenters. The van der Waals surface area contributed by atoms with Gasteiger partial charge in [-0.3, -0.25) is 0 Å². The van der Waals surface area contributed by atoms with E-state index in [9.17, 15) is 0 Å². The van der Waals surface area contributed by atoms with Crippen molar-refractivity contribution >= 4 is 23.2 Å². The zero-order valence-corrected chi connectivity index (χ0v) is 10.6. The first-order chi connectivity index (χ1) is 8.27. The van der Waals surface area contributed by atoms with Crippen molar-refractivity contribution < 1.29 is 4.74 Å². The third-order valence-electron chi connectivity index (χ3n) is 2.36. The van der Waals surface area contributed by atoms with Gasteiger partial charge in [0.05, 0.1) is 0 Å². The molecule has 88 valence electrons. The van der Waals surface area contributed by atoms with Crippen LogP contribution in [-0.2, 0) is 4.74 Å². The molecule has 0 N–H and O–H groups in total. The van der Waals surface area contributed by atoms with Crippen LogP contribution in [0.4, 0.5) is 0 Å². The maximum absolute atomic E-state index is 6.14. The van der Waals surface area contributed by atoms with E-state index in [0.29, 0.717) is 0 Å². The summed E-state index contributed by atoms with van der Waals surface area (Å²) in [7, 11) is 0. The molecule has 0 aliphatic carbocycles. The zero-order chi connectivity index (χ0) is 12.1. The van der Waals surface area contributed by atoms with E-state index in [1.807, 2.05) is 60.7 Å². The van der Waals surface area contributed by atoms with Gasteiger partial charge in [-0.2, -0.15) is 0 Å². The van der Waals surface area contributed by atoms with Crippen LogP contribution in [0.5, 0.6) is 0 Å².